The summed E-state index contributed by atoms with van der Waals surface area (Å²) < 4.78 is 0. The van der Waals surface area contributed by atoms with Crippen LogP contribution < -0.4 is 5.73 Å². The first-order valence-electron chi connectivity index (χ1n) is 8.80. The Hall–Kier alpha value is -0.820. The van der Waals surface area contributed by atoms with Gasteiger partial charge in [-0.1, -0.05) is 83.6 Å². The molecule has 1 aromatic rings. The Morgan fingerprint density at radius 3 is 2.10 bits per heavy atom. The van der Waals surface area contributed by atoms with Crippen molar-refractivity contribution in [1.82, 2.24) is 0 Å². The lowest BCUT2D eigenvalue weighted by Gasteiger charge is -2.21. The lowest BCUT2D eigenvalue weighted by molar-refractivity contribution is 0.387. The van der Waals surface area contributed by atoms with E-state index in [-0.39, 0.29) is 5.41 Å². The quantitative estimate of drug-likeness (QED) is 0.755. The maximum Gasteiger partial charge on any atom is 0.00819 e. The Labute approximate surface area is 131 Å². The predicted octanol–water partition coefficient (Wildman–Crippen LogP) is 5.21. The van der Waals surface area contributed by atoms with Gasteiger partial charge in [-0.3, -0.25) is 0 Å². The molecule has 1 atom stereocenters. The Morgan fingerprint density at radius 2 is 1.57 bits per heavy atom. The monoisotopic (exact) mass is 287 g/mol. The van der Waals surface area contributed by atoms with Gasteiger partial charge in [0.25, 0.3) is 0 Å². The number of hydrogen-bond acceptors (Lipinski definition) is 1. The molecule has 1 heteroatoms. The van der Waals surface area contributed by atoms with Crippen LogP contribution in [0.25, 0.3) is 0 Å². The molecule has 0 radical (unpaired) electrons. The smallest absolute Gasteiger partial charge is 0.00819 e. The van der Waals surface area contributed by atoms with E-state index in [1.807, 2.05) is 0 Å². The van der Waals surface area contributed by atoms with Crippen molar-refractivity contribution in [2.45, 2.75) is 83.6 Å². The zero-order valence-corrected chi connectivity index (χ0v) is 14.2. The highest BCUT2D eigenvalue weighted by Gasteiger charge is 2.17. The molecule has 0 saturated heterocycles. The molecule has 0 aliphatic heterocycles. The van der Waals surface area contributed by atoms with Crippen LogP contribution in [-0.4, -0.2) is 6.04 Å². The maximum atomic E-state index is 6.41. The van der Waals surface area contributed by atoms with Gasteiger partial charge in [0.1, 0.15) is 0 Å². The van der Waals surface area contributed by atoms with Crippen molar-refractivity contribution in [2.75, 3.05) is 0 Å². The van der Waals surface area contributed by atoms with E-state index < -0.39 is 0 Å². The molecule has 118 valence electrons. The van der Waals surface area contributed by atoms with Gasteiger partial charge < -0.3 is 5.73 Å². The van der Waals surface area contributed by atoms with Gasteiger partial charge in [0.2, 0.25) is 0 Å². The SMILES string of the molecule is CC(C)(C)c1ccc(CC(N)CC2CCCCCC2)cc1. The van der Waals surface area contributed by atoms with Crippen LogP contribution in [0, 0.1) is 5.92 Å². The molecule has 1 fully saturated rings. The van der Waals surface area contributed by atoms with Crippen LogP contribution in [-0.2, 0) is 11.8 Å². The fourth-order valence-electron chi connectivity index (χ4n) is 3.55. The molecule has 1 aliphatic carbocycles. The van der Waals surface area contributed by atoms with Gasteiger partial charge in [-0.15, -0.1) is 0 Å². The van der Waals surface area contributed by atoms with Gasteiger partial charge in [-0.25, -0.2) is 0 Å². The van der Waals surface area contributed by atoms with E-state index in [0.29, 0.717) is 6.04 Å². The molecule has 0 heterocycles. The van der Waals surface area contributed by atoms with Crippen LogP contribution in [0.15, 0.2) is 24.3 Å². The van der Waals surface area contributed by atoms with E-state index >= 15 is 0 Å². The van der Waals surface area contributed by atoms with Crippen molar-refractivity contribution >= 4 is 0 Å². The Kier molecular flexibility index (Phi) is 5.87. The standard InChI is InChI=1S/C20H33N/c1-20(2,3)18-12-10-17(11-13-18)15-19(21)14-16-8-6-4-5-7-9-16/h10-13,16,19H,4-9,14-15,21H2,1-3H3. The van der Waals surface area contributed by atoms with Crippen molar-refractivity contribution in [3.05, 3.63) is 35.4 Å². The molecule has 2 N–H and O–H groups in total. The van der Waals surface area contributed by atoms with Crippen LogP contribution >= 0.6 is 0 Å². The zero-order chi connectivity index (χ0) is 15.3. The third kappa shape index (κ3) is 5.47. The molecule has 1 unspecified atom stereocenters. The molecule has 0 amide bonds. The van der Waals surface area contributed by atoms with Crippen molar-refractivity contribution in [3.63, 3.8) is 0 Å². The summed E-state index contributed by atoms with van der Waals surface area (Å²) in [6.07, 6.45) is 10.7. The van der Waals surface area contributed by atoms with Gasteiger partial charge >= 0.3 is 0 Å². The second kappa shape index (κ2) is 7.45. The lowest BCUT2D eigenvalue weighted by Crippen LogP contribution is -2.26. The Morgan fingerprint density at radius 1 is 1.00 bits per heavy atom. The normalized spacial score (nSPS) is 19.2. The predicted molar refractivity (Wildman–Crippen MR) is 92.6 cm³/mol. The zero-order valence-electron chi connectivity index (χ0n) is 14.2. The fourth-order valence-corrected chi connectivity index (χ4v) is 3.55. The first-order valence-corrected chi connectivity index (χ1v) is 8.80. The summed E-state index contributed by atoms with van der Waals surface area (Å²) in [7, 11) is 0. The summed E-state index contributed by atoms with van der Waals surface area (Å²) in [6.45, 7) is 6.79. The Bertz CT molecular complexity index is 404. The molecule has 0 aromatic heterocycles. The third-order valence-corrected chi connectivity index (χ3v) is 4.93. The maximum absolute atomic E-state index is 6.41. The molecule has 0 spiro atoms. The summed E-state index contributed by atoms with van der Waals surface area (Å²) in [6, 6.07) is 9.41. The van der Waals surface area contributed by atoms with E-state index in [2.05, 4.69) is 45.0 Å². The summed E-state index contributed by atoms with van der Waals surface area (Å²) in [5.41, 5.74) is 9.45. The summed E-state index contributed by atoms with van der Waals surface area (Å²) >= 11 is 0. The van der Waals surface area contributed by atoms with Crippen LogP contribution in [0.2, 0.25) is 0 Å². The van der Waals surface area contributed by atoms with E-state index in [9.17, 15) is 0 Å². The highest BCUT2D eigenvalue weighted by atomic mass is 14.6. The van der Waals surface area contributed by atoms with Gasteiger partial charge in [0.05, 0.1) is 0 Å². The minimum Gasteiger partial charge on any atom is -0.327 e. The Balaban J connectivity index is 1.85. The van der Waals surface area contributed by atoms with Crippen LogP contribution in [0.5, 0.6) is 0 Å². The average molecular weight is 287 g/mol. The summed E-state index contributed by atoms with van der Waals surface area (Å²) in [4.78, 5) is 0. The molecule has 0 bridgehead atoms. The molecule has 1 nitrogen and oxygen atoms in total. The highest BCUT2D eigenvalue weighted by Crippen LogP contribution is 2.27. The minimum absolute atomic E-state index is 0.237. The molecule has 21 heavy (non-hydrogen) atoms. The van der Waals surface area contributed by atoms with Crippen LogP contribution in [0.3, 0.4) is 0 Å². The van der Waals surface area contributed by atoms with Gasteiger partial charge in [0.15, 0.2) is 0 Å². The highest BCUT2D eigenvalue weighted by molar-refractivity contribution is 5.27. The minimum atomic E-state index is 0.237. The van der Waals surface area contributed by atoms with Gasteiger partial charge in [-0.05, 0) is 35.3 Å². The van der Waals surface area contributed by atoms with Gasteiger partial charge in [-0.2, -0.15) is 0 Å². The second-order valence-electron chi connectivity index (χ2n) is 8.00. The molecular weight excluding hydrogens is 254 g/mol. The van der Waals surface area contributed by atoms with Crippen LogP contribution in [0.4, 0.5) is 0 Å². The summed E-state index contributed by atoms with van der Waals surface area (Å²) in [5.74, 6) is 0.872. The number of nitrogens with two attached hydrogens (primary N) is 1. The fraction of sp³-hybridized carbons (Fsp3) is 0.700. The van der Waals surface area contributed by atoms with E-state index in [4.69, 9.17) is 5.73 Å². The topological polar surface area (TPSA) is 26.0 Å². The average Bonchev–Trinajstić information content (AvgIpc) is 2.67. The molecule has 1 aliphatic rings. The second-order valence-corrected chi connectivity index (χ2v) is 8.00. The van der Waals surface area contributed by atoms with Crippen LogP contribution in [0.1, 0.15) is 76.8 Å². The van der Waals surface area contributed by atoms with E-state index in [0.717, 1.165) is 12.3 Å². The molecule has 1 saturated carbocycles. The summed E-state index contributed by atoms with van der Waals surface area (Å²) in [5, 5.41) is 0. The molecule has 2 rings (SSSR count). The molecular formula is C20H33N. The van der Waals surface area contributed by atoms with Crippen molar-refractivity contribution < 1.29 is 0 Å². The van der Waals surface area contributed by atoms with Crippen molar-refractivity contribution in [3.8, 4) is 0 Å². The van der Waals surface area contributed by atoms with Crippen molar-refractivity contribution in [1.29, 1.82) is 0 Å². The van der Waals surface area contributed by atoms with E-state index in [1.54, 1.807) is 0 Å². The van der Waals surface area contributed by atoms with Gasteiger partial charge in [0, 0.05) is 6.04 Å². The number of hydrogen-bond donors (Lipinski definition) is 1. The first-order chi connectivity index (χ1) is 9.95. The lowest BCUT2D eigenvalue weighted by atomic mass is 9.85. The molecule has 1 aromatic carbocycles. The van der Waals surface area contributed by atoms with Crippen molar-refractivity contribution in [2.24, 2.45) is 11.7 Å². The number of benzene rings is 1. The first kappa shape index (κ1) is 16.5. The largest absolute Gasteiger partial charge is 0.327 e. The van der Waals surface area contributed by atoms with E-state index in [1.165, 1.54) is 56.1 Å². The number of rotatable bonds is 4. The third-order valence-electron chi connectivity index (χ3n) is 4.93.